The molecular weight excluding hydrogens is 381 g/mol. The Balaban J connectivity index is 1.54. The van der Waals surface area contributed by atoms with Crippen LogP contribution in [0.1, 0.15) is 16.5 Å². The quantitative estimate of drug-likeness (QED) is 0.587. The average molecular weight is 399 g/mol. The number of hydrogen-bond donors (Lipinski definition) is 1. The number of benzene rings is 2. The first kappa shape index (κ1) is 19.6. The largest absolute Gasteiger partial charge is 0.482 e. The lowest BCUT2D eigenvalue weighted by Crippen LogP contribution is -2.33. The molecule has 7 heteroatoms. The maximum absolute atomic E-state index is 13.2. The molecule has 144 valence electrons. The van der Waals surface area contributed by atoms with E-state index < -0.39 is 24.5 Å². The molecule has 28 heavy (non-hydrogen) atoms. The van der Waals surface area contributed by atoms with Crippen molar-refractivity contribution in [2.45, 2.75) is 6.04 Å². The fourth-order valence-corrected chi connectivity index (χ4v) is 3.28. The molecule has 0 saturated heterocycles. The summed E-state index contributed by atoms with van der Waals surface area (Å²) in [5, 5.41) is 4.70. The Morgan fingerprint density at radius 3 is 2.39 bits per heavy atom. The number of ether oxygens (including phenoxy) is 2. The number of carbonyl (C=O) groups excluding carboxylic acids is 2. The Morgan fingerprint density at radius 2 is 1.71 bits per heavy atom. The van der Waals surface area contributed by atoms with Gasteiger partial charge in [0.15, 0.2) is 13.2 Å². The van der Waals surface area contributed by atoms with Crippen molar-refractivity contribution in [3.05, 3.63) is 88.4 Å². The van der Waals surface area contributed by atoms with E-state index in [1.54, 1.807) is 36.4 Å². The zero-order valence-corrected chi connectivity index (χ0v) is 15.7. The summed E-state index contributed by atoms with van der Waals surface area (Å²) in [5.41, 5.74) is 0.732. The topological polar surface area (TPSA) is 64.6 Å². The first-order valence-corrected chi connectivity index (χ1v) is 9.41. The predicted molar refractivity (Wildman–Crippen MR) is 104 cm³/mol. The number of hydrogen-bond acceptors (Lipinski definition) is 5. The van der Waals surface area contributed by atoms with E-state index in [-0.39, 0.29) is 12.4 Å². The molecule has 0 spiro atoms. The average Bonchev–Trinajstić information content (AvgIpc) is 3.25. The Kier molecular flexibility index (Phi) is 6.75. The molecule has 0 unspecified atom stereocenters. The number of amides is 1. The van der Waals surface area contributed by atoms with Crippen molar-refractivity contribution >= 4 is 23.2 Å². The van der Waals surface area contributed by atoms with E-state index in [0.717, 1.165) is 10.4 Å². The molecule has 0 bridgehead atoms. The highest BCUT2D eigenvalue weighted by atomic mass is 32.1. The van der Waals surface area contributed by atoms with Gasteiger partial charge >= 0.3 is 5.97 Å². The van der Waals surface area contributed by atoms with Gasteiger partial charge in [-0.2, -0.15) is 0 Å². The third-order valence-electron chi connectivity index (χ3n) is 3.80. The highest BCUT2D eigenvalue weighted by Gasteiger charge is 2.19. The van der Waals surface area contributed by atoms with Crippen LogP contribution in [0.25, 0.3) is 0 Å². The number of para-hydroxylation sites is 1. The summed E-state index contributed by atoms with van der Waals surface area (Å²) < 4.78 is 23.5. The van der Waals surface area contributed by atoms with E-state index in [1.807, 2.05) is 23.6 Å². The van der Waals surface area contributed by atoms with Gasteiger partial charge in [-0.1, -0.05) is 36.4 Å². The van der Waals surface area contributed by atoms with Crippen LogP contribution >= 0.6 is 11.3 Å². The summed E-state index contributed by atoms with van der Waals surface area (Å²) in [7, 11) is 0. The normalized spacial score (nSPS) is 11.5. The molecule has 1 N–H and O–H groups in total. The number of nitrogens with one attached hydrogen (secondary N) is 1. The molecule has 0 aliphatic carbocycles. The lowest BCUT2D eigenvalue weighted by molar-refractivity contribution is -0.150. The van der Waals surface area contributed by atoms with Crippen molar-refractivity contribution in [3.63, 3.8) is 0 Å². The van der Waals surface area contributed by atoms with Crippen molar-refractivity contribution in [1.82, 2.24) is 5.32 Å². The fraction of sp³-hybridized carbons (Fsp3) is 0.143. The summed E-state index contributed by atoms with van der Waals surface area (Å²) in [6.07, 6.45) is 0. The molecule has 3 rings (SSSR count). The zero-order chi connectivity index (χ0) is 19.8. The van der Waals surface area contributed by atoms with Gasteiger partial charge in [-0.15, -0.1) is 11.3 Å². The van der Waals surface area contributed by atoms with Gasteiger partial charge in [0, 0.05) is 4.88 Å². The summed E-state index contributed by atoms with van der Waals surface area (Å²) in [6.45, 7) is -0.719. The number of rotatable bonds is 8. The lowest BCUT2D eigenvalue weighted by Gasteiger charge is -2.18. The van der Waals surface area contributed by atoms with Gasteiger partial charge in [-0.3, -0.25) is 4.79 Å². The molecule has 1 heterocycles. The second-order valence-electron chi connectivity index (χ2n) is 5.83. The van der Waals surface area contributed by atoms with E-state index in [1.165, 1.54) is 23.5 Å². The number of esters is 1. The predicted octanol–water partition coefficient (Wildman–Crippen LogP) is 3.72. The van der Waals surface area contributed by atoms with E-state index in [0.29, 0.717) is 5.75 Å². The highest BCUT2D eigenvalue weighted by molar-refractivity contribution is 7.10. The minimum atomic E-state index is -0.645. The highest BCUT2D eigenvalue weighted by Crippen LogP contribution is 2.26. The Hall–Kier alpha value is -3.19. The molecule has 0 aliphatic heterocycles. The first-order valence-electron chi connectivity index (χ1n) is 8.53. The summed E-state index contributed by atoms with van der Waals surface area (Å²) in [4.78, 5) is 24.9. The van der Waals surface area contributed by atoms with Gasteiger partial charge < -0.3 is 14.8 Å². The molecule has 5 nitrogen and oxygen atoms in total. The molecular formula is C21H18FNO4S. The number of thiophene rings is 1. The van der Waals surface area contributed by atoms with Gasteiger partial charge in [0.2, 0.25) is 0 Å². The fourth-order valence-electron chi connectivity index (χ4n) is 2.48. The smallest absolute Gasteiger partial charge is 0.344 e. The molecule has 2 aromatic carbocycles. The van der Waals surface area contributed by atoms with Gasteiger partial charge in [0.25, 0.3) is 5.91 Å². The molecule has 0 saturated carbocycles. The van der Waals surface area contributed by atoms with Crippen molar-refractivity contribution in [2.75, 3.05) is 13.2 Å². The van der Waals surface area contributed by atoms with Crippen LogP contribution in [0, 0.1) is 5.82 Å². The van der Waals surface area contributed by atoms with Gasteiger partial charge in [0.05, 0.1) is 6.04 Å². The van der Waals surface area contributed by atoms with Crippen LogP contribution < -0.4 is 10.1 Å². The Labute approximate surface area is 165 Å². The molecule has 0 aliphatic rings. The molecule has 1 amide bonds. The molecule has 1 atom stereocenters. The summed E-state index contributed by atoms with van der Waals surface area (Å²) in [6, 6.07) is 18.0. The van der Waals surface area contributed by atoms with E-state index in [2.05, 4.69) is 5.32 Å². The monoisotopic (exact) mass is 399 g/mol. The number of halogens is 1. The summed E-state index contributed by atoms with van der Waals surface area (Å²) >= 11 is 1.47. The maximum Gasteiger partial charge on any atom is 0.344 e. The Bertz CT molecular complexity index is 898. The standard InChI is InChI=1S/C21H18FNO4S/c22-16-10-8-15(9-11-16)21(18-7-4-12-28-18)23-19(24)13-27-20(25)14-26-17-5-2-1-3-6-17/h1-12,21H,13-14H2,(H,23,24)/t21-/m0/s1. The minimum absolute atomic E-state index is 0.288. The number of carbonyl (C=O) groups is 2. The van der Waals surface area contributed by atoms with Crippen LogP contribution in [0.2, 0.25) is 0 Å². The molecule has 3 aromatic rings. The van der Waals surface area contributed by atoms with Crippen molar-refractivity contribution in [3.8, 4) is 5.75 Å². The van der Waals surface area contributed by atoms with Gasteiger partial charge in [0.1, 0.15) is 11.6 Å². The third-order valence-corrected chi connectivity index (χ3v) is 4.74. The summed E-state index contributed by atoms with van der Waals surface area (Å²) in [5.74, 6) is -0.922. The second kappa shape index (κ2) is 9.66. The van der Waals surface area contributed by atoms with Gasteiger partial charge in [-0.25, -0.2) is 9.18 Å². The van der Waals surface area contributed by atoms with Crippen molar-refractivity contribution in [1.29, 1.82) is 0 Å². The lowest BCUT2D eigenvalue weighted by atomic mass is 10.1. The first-order chi connectivity index (χ1) is 13.6. The SMILES string of the molecule is O=C(COC(=O)COc1ccccc1)N[C@@H](c1ccc(F)cc1)c1cccs1. The van der Waals surface area contributed by atoms with Crippen LogP contribution in [-0.2, 0) is 14.3 Å². The van der Waals surface area contributed by atoms with Crippen LogP contribution in [0.3, 0.4) is 0 Å². The molecule has 1 aromatic heterocycles. The molecule has 0 radical (unpaired) electrons. The van der Waals surface area contributed by atoms with Crippen LogP contribution in [-0.4, -0.2) is 25.1 Å². The van der Waals surface area contributed by atoms with E-state index in [9.17, 15) is 14.0 Å². The van der Waals surface area contributed by atoms with Crippen LogP contribution in [0.5, 0.6) is 5.75 Å². The van der Waals surface area contributed by atoms with E-state index >= 15 is 0 Å². The maximum atomic E-state index is 13.2. The van der Waals surface area contributed by atoms with Crippen LogP contribution in [0.15, 0.2) is 72.1 Å². The second-order valence-corrected chi connectivity index (χ2v) is 6.81. The van der Waals surface area contributed by atoms with E-state index in [4.69, 9.17) is 9.47 Å². The third kappa shape index (κ3) is 5.65. The Morgan fingerprint density at radius 1 is 0.964 bits per heavy atom. The molecule has 0 fully saturated rings. The van der Waals surface area contributed by atoms with Crippen LogP contribution in [0.4, 0.5) is 4.39 Å². The van der Waals surface area contributed by atoms with Gasteiger partial charge in [-0.05, 0) is 41.3 Å². The zero-order valence-electron chi connectivity index (χ0n) is 14.8. The minimum Gasteiger partial charge on any atom is -0.482 e. The van der Waals surface area contributed by atoms with Crippen molar-refractivity contribution < 1.29 is 23.5 Å². The van der Waals surface area contributed by atoms with Crippen molar-refractivity contribution in [2.24, 2.45) is 0 Å².